The summed E-state index contributed by atoms with van der Waals surface area (Å²) in [7, 11) is -3.48. The van der Waals surface area contributed by atoms with E-state index >= 15 is 0 Å². The molecule has 1 N–H and O–H groups in total. The van der Waals surface area contributed by atoms with E-state index < -0.39 is 10.0 Å². The predicted octanol–water partition coefficient (Wildman–Crippen LogP) is 1.80. The van der Waals surface area contributed by atoms with Crippen LogP contribution in [0.3, 0.4) is 0 Å². The molecule has 17 heavy (non-hydrogen) atoms. The van der Waals surface area contributed by atoms with Gasteiger partial charge < -0.3 is 4.74 Å². The number of rotatable bonds is 4. The fourth-order valence-corrected chi connectivity index (χ4v) is 3.09. The van der Waals surface area contributed by atoms with Gasteiger partial charge >= 0.3 is 0 Å². The maximum absolute atomic E-state index is 11.9. The van der Waals surface area contributed by atoms with Crippen molar-refractivity contribution in [2.24, 2.45) is 0 Å². The van der Waals surface area contributed by atoms with Crippen LogP contribution in [0.25, 0.3) is 0 Å². The van der Waals surface area contributed by atoms with E-state index in [2.05, 4.69) is 4.72 Å². The van der Waals surface area contributed by atoms with E-state index in [-0.39, 0.29) is 11.0 Å². The highest BCUT2D eigenvalue weighted by Crippen LogP contribution is 2.16. The molecule has 0 aromatic heterocycles. The minimum absolute atomic E-state index is 0.0102. The van der Waals surface area contributed by atoms with Crippen molar-refractivity contribution >= 4 is 21.6 Å². The molecule has 1 aromatic carbocycles. The molecule has 4 nitrogen and oxygen atoms in total. The average Bonchev–Trinajstić information content (AvgIpc) is 2.79. The van der Waals surface area contributed by atoms with Gasteiger partial charge in [0.1, 0.15) is 0 Å². The van der Waals surface area contributed by atoms with Crippen LogP contribution in [0, 0.1) is 0 Å². The first-order chi connectivity index (χ1) is 8.08. The molecular weight excluding hydrogens is 262 g/mol. The molecule has 1 aliphatic rings. The van der Waals surface area contributed by atoms with Crippen LogP contribution in [0.15, 0.2) is 29.2 Å². The summed E-state index contributed by atoms with van der Waals surface area (Å²) in [6.07, 6.45) is 1.88. The summed E-state index contributed by atoms with van der Waals surface area (Å²) in [5.74, 6) is 0. The third-order valence-electron chi connectivity index (χ3n) is 2.63. The number of nitrogens with one attached hydrogen (secondary N) is 1. The first kappa shape index (κ1) is 12.8. The summed E-state index contributed by atoms with van der Waals surface area (Å²) in [5.41, 5.74) is 0. The van der Waals surface area contributed by atoms with Crippen LogP contribution in [0.5, 0.6) is 0 Å². The highest BCUT2D eigenvalue weighted by Gasteiger charge is 2.20. The minimum atomic E-state index is -3.48. The average molecular weight is 276 g/mol. The minimum Gasteiger partial charge on any atom is -0.377 e. The summed E-state index contributed by atoms with van der Waals surface area (Å²) in [5, 5.41) is 0.407. The maximum atomic E-state index is 11.9. The van der Waals surface area contributed by atoms with Crippen molar-refractivity contribution in [2.75, 3.05) is 13.2 Å². The van der Waals surface area contributed by atoms with Gasteiger partial charge in [-0.3, -0.25) is 0 Å². The third kappa shape index (κ3) is 3.42. The molecule has 0 amide bonds. The molecule has 1 aliphatic heterocycles. The topological polar surface area (TPSA) is 55.4 Å². The van der Waals surface area contributed by atoms with Crippen molar-refractivity contribution in [3.05, 3.63) is 29.3 Å². The molecule has 0 bridgehead atoms. The van der Waals surface area contributed by atoms with Crippen LogP contribution in [-0.4, -0.2) is 27.7 Å². The zero-order valence-corrected chi connectivity index (χ0v) is 10.8. The molecule has 0 spiro atoms. The molecule has 94 valence electrons. The Morgan fingerprint density at radius 2 is 2.29 bits per heavy atom. The lowest BCUT2D eigenvalue weighted by molar-refractivity contribution is 0.114. The Bertz CT molecular complexity index is 483. The Morgan fingerprint density at radius 3 is 2.94 bits per heavy atom. The second-order valence-corrected chi connectivity index (χ2v) is 6.15. The Labute approximate surface area is 106 Å². The standard InChI is InChI=1S/C11H14ClNO3S/c12-9-3-1-5-11(7-9)17(14,15)13-8-10-4-2-6-16-10/h1,3,5,7,10,13H,2,4,6,8H2. The Balaban J connectivity index is 2.03. The molecule has 1 atom stereocenters. The molecule has 1 unspecified atom stereocenters. The molecule has 2 rings (SSSR count). The van der Waals surface area contributed by atoms with E-state index in [1.54, 1.807) is 12.1 Å². The van der Waals surface area contributed by atoms with Crippen molar-refractivity contribution in [1.29, 1.82) is 0 Å². The van der Waals surface area contributed by atoms with Gasteiger partial charge in [-0.25, -0.2) is 13.1 Å². The van der Waals surface area contributed by atoms with Crippen LogP contribution in [0.2, 0.25) is 5.02 Å². The first-order valence-electron chi connectivity index (χ1n) is 5.45. The molecule has 0 radical (unpaired) electrons. The van der Waals surface area contributed by atoms with Crippen molar-refractivity contribution in [3.63, 3.8) is 0 Å². The number of ether oxygens (including phenoxy) is 1. The molecular formula is C11H14ClNO3S. The predicted molar refractivity (Wildman–Crippen MR) is 65.6 cm³/mol. The maximum Gasteiger partial charge on any atom is 0.240 e. The summed E-state index contributed by atoms with van der Waals surface area (Å²) in [6.45, 7) is 1.03. The Hall–Kier alpha value is -0.620. The zero-order valence-electron chi connectivity index (χ0n) is 9.23. The fraction of sp³-hybridized carbons (Fsp3) is 0.455. The second kappa shape index (κ2) is 5.35. The Kier molecular flexibility index (Phi) is 4.04. The number of hydrogen-bond donors (Lipinski definition) is 1. The van der Waals surface area contributed by atoms with Gasteiger partial charge in [0.15, 0.2) is 0 Å². The summed E-state index contributed by atoms with van der Waals surface area (Å²) in [4.78, 5) is 0.183. The van der Waals surface area contributed by atoms with E-state index in [0.29, 0.717) is 18.2 Å². The van der Waals surface area contributed by atoms with E-state index in [1.807, 2.05) is 0 Å². The van der Waals surface area contributed by atoms with Gasteiger partial charge in [0.05, 0.1) is 11.0 Å². The quantitative estimate of drug-likeness (QED) is 0.912. The molecule has 1 fully saturated rings. The summed E-state index contributed by atoms with van der Waals surface area (Å²) in [6, 6.07) is 6.20. The summed E-state index contributed by atoms with van der Waals surface area (Å²) >= 11 is 5.76. The second-order valence-electron chi connectivity index (χ2n) is 3.94. The lowest BCUT2D eigenvalue weighted by Gasteiger charge is -2.11. The van der Waals surface area contributed by atoms with Gasteiger partial charge in [-0.05, 0) is 31.0 Å². The van der Waals surface area contributed by atoms with Crippen molar-refractivity contribution in [2.45, 2.75) is 23.8 Å². The van der Waals surface area contributed by atoms with Gasteiger partial charge in [0.2, 0.25) is 10.0 Å². The van der Waals surface area contributed by atoms with Crippen molar-refractivity contribution < 1.29 is 13.2 Å². The monoisotopic (exact) mass is 275 g/mol. The highest BCUT2D eigenvalue weighted by molar-refractivity contribution is 7.89. The van der Waals surface area contributed by atoms with Gasteiger partial charge in [0, 0.05) is 18.2 Å². The SMILES string of the molecule is O=S(=O)(NCC1CCCO1)c1cccc(Cl)c1. The van der Waals surface area contributed by atoms with Crippen LogP contribution in [0.1, 0.15) is 12.8 Å². The lowest BCUT2D eigenvalue weighted by Crippen LogP contribution is -2.31. The number of sulfonamides is 1. The largest absolute Gasteiger partial charge is 0.377 e. The van der Waals surface area contributed by atoms with Gasteiger partial charge in [-0.1, -0.05) is 17.7 Å². The highest BCUT2D eigenvalue weighted by atomic mass is 35.5. The molecule has 1 aromatic rings. The fourth-order valence-electron chi connectivity index (χ4n) is 1.73. The smallest absolute Gasteiger partial charge is 0.240 e. The number of hydrogen-bond acceptors (Lipinski definition) is 3. The third-order valence-corrected chi connectivity index (χ3v) is 4.29. The first-order valence-corrected chi connectivity index (χ1v) is 7.31. The molecule has 0 aliphatic carbocycles. The molecule has 6 heteroatoms. The Morgan fingerprint density at radius 1 is 1.47 bits per heavy atom. The van der Waals surface area contributed by atoms with Gasteiger partial charge in [-0.2, -0.15) is 0 Å². The summed E-state index contributed by atoms with van der Waals surface area (Å²) < 4.78 is 31.7. The van der Waals surface area contributed by atoms with E-state index in [1.165, 1.54) is 12.1 Å². The van der Waals surface area contributed by atoms with Crippen molar-refractivity contribution in [3.8, 4) is 0 Å². The van der Waals surface area contributed by atoms with Crippen LogP contribution >= 0.6 is 11.6 Å². The number of benzene rings is 1. The molecule has 1 saturated heterocycles. The van der Waals surface area contributed by atoms with Gasteiger partial charge in [-0.15, -0.1) is 0 Å². The zero-order chi connectivity index (χ0) is 12.3. The van der Waals surface area contributed by atoms with E-state index in [9.17, 15) is 8.42 Å². The molecule has 1 heterocycles. The lowest BCUT2D eigenvalue weighted by atomic mass is 10.2. The van der Waals surface area contributed by atoms with Crippen LogP contribution in [-0.2, 0) is 14.8 Å². The van der Waals surface area contributed by atoms with E-state index in [4.69, 9.17) is 16.3 Å². The molecule has 0 saturated carbocycles. The van der Waals surface area contributed by atoms with E-state index in [0.717, 1.165) is 12.8 Å². The van der Waals surface area contributed by atoms with Crippen LogP contribution < -0.4 is 4.72 Å². The van der Waals surface area contributed by atoms with Crippen molar-refractivity contribution in [1.82, 2.24) is 4.72 Å². The van der Waals surface area contributed by atoms with Gasteiger partial charge in [0.25, 0.3) is 0 Å². The normalized spacial score (nSPS) is 20.6. The van der Waals surface area contributed by atoms with Crippen LogP contribution in [0.4, 0.5) is 0 Å². The number of halogens is 1.